The number of rotatable bonds is 2. The number of fused-ring (bicyclic) bond motifs is 1. The molecule has 104 valence electrons. The summed E-state index contributed by atoms with van der Waals surface area (Å²) in [6, 6.07) is 14.9. The van der Waals surface area contributed by atoms with Crippen molar-refractivity contribution in [2.45, 2.75) is 6.92 Å². The third-order valence-electron chi connectivity index (χ3n) is 3.22. The second kappa shape index (κ2) is 5.54. The van der Waals surface area contributed by atoms with Crippen LogP contribution in [0.5, 0.6) is 0 Å². The third-order valence-corrected chi connectivity index (χ3v) is 3.53. The van der Waals surface area contributed by atoms with Gasteiger partial charge in [-0.15, -0.1) is 0 Å². The van der Waals surface area contributed by atoms with Crippen molar-refractivity contribution in [3.8, 4) is 0 Å². The molecule has 3 rings (SSSR count). The van der Waals surface area contributed by atoms with Gasteiger partial charge >= 0.3 is 0 Å². The Balaban J connectivity index is 2.15. The average molecular weight is 297 g/mol. The Labute approximate surface area is 127 Å². The molecule has 0 N–H and O–H groups in total. The predicted molar refractivity (Wildman–Crippen MR) is 86.4 cm³/mol. The van der Waals surface area contributed by atoms with Crippen molar-refractivity contribution in [1.82, 2.24) is 9.38 Å². The van der Waals surface area contributed by atoms with Crippen LogP contribution in [0, 0.1) is 6.92 Å². The molecule has 3 nitrogen and oxygen atoms in total. The van der Waals surface area contributed by atoms with Gasteiger partial charge in [0.15, 0.2) is 0 Å². The van der Waals surface area contributed by atoms with E-state index in [-0.39, 0.29) is 5.56 Å². The SMILES string of the molecule is Cc1cccn2c(=O)cc(/C(Cl)=C/c3ccccc3)nc12. The van der Waals surface area contributed by atoms with Crippen LogP contribution in [-0.2, 0) is 0 Å². The van der Waals surface area contributed by atoms with Crippen molar-refractivity contribution in [3.63, 3.8) is 0 Å². The van der Waals surface area contributed by atoms with E-state index in [0.29, 0.717) is 16.4 Å². The summed E-state index contributed by atoms with van der Waals surface area (Å²) in [5.74, 6) is 0. The smallest absolute Gasteiger partial charge is 0.258 e. The Morgan fingerprint density at radius 3 is 2.71 bits per heavy atom. The van der Waals surface area contributed by atoms with Gasteiger partial charge in [0, 0.05) is 12.3 Å². The first-order valence-electron chi connectivity index (χ1n) is 6.57. The van der Waals surface area contributed by atoms with Crippen LogP contribution in [0.1, 0.15) is 16.8 Å². The van der Waals surface area contributed by atoms with E-state index in [9.17, 15) is 4.79 Å². The maximum atomic E-state index is 12.1. The Kier molecular flexibility index (Phi) is 3.59. The van der Waals surface area contributed by atoms with Crippen LogP contribution in [0.3, 0.4) is 0 Å². The number of benzene rings is 1. The van der Waals surface area contributed by atoms with Gasteiger partial charge in [0.1, 0.15) is 5.65 Å². The summed E-state index contributed by atoms with van der Waals surface area (Å²) in [4.78, 5) is 16.6. The van der Waals surface area contributed by atoms with Crippen molar-refractivity contribution >= 4 is 28.4 Å². The molecule has 2 aromatic heterocycles. The minimum Gasteiger partial charge on any atom is -0.269 e. The molecular formula is C17H13ClN2O. The molecule has 3 aromatic rings. The van der Waals surface area contributed by atoms with Crippen molar-refractivity contribution in [1.29, 1.82) is 0 Å². The first-order valence-corrected chi connectivity index (χ1v) is 6.94. The largest absolute Gasteiger partial charge is 0.269 e. The number of nitrogens with zero attached hydrogens (tertiary/aromatic N) is 2. The Bertz CT molecular complexity index is 882. The fourth-order valence-corrected chi connectivity index (χ4v) is 2.38. The summed E-state index contributed by atoms with van der Waals surface area (Å²) in [6.07, 6.45) is 3.51. The van der Waals surface area contributed by atoms with Gasteiger partial charge in [-0.2, -0.15) is 0 Å². The quantitative estimate of drug-likeness (QED) is 0.722. The molecule has 0 saturated carbocycles. The highest BCUT2D eigenvalue weighted by Gasteiger charge is 2.07. The minimum absolute atomic E-state index is 0.140. The van der Waals surface area contributed by atoms with Crippen LogP contribution in [0.4, 0.5) is 0 Å². The summed E-state index contributed by atoms with van der Waals surface area (Å²) in [5.41, 5.74) is 2.87. The lowest BCUT2D eigenvalue weighted by Gasteiger charge is -2.05. The number of aryl methyl sites for hydroxylation is 1. The van der Waals surface area contributed by atoms with E-state index in [1.807, 2.05) is 49.4 Å². The fraction of sp³-hybridized carbons (Fsp3) is 0.0588. The van der Waals surface area contributed by atoms with Gasteiger partial charge in [-0.3, -0.25) is 9.20 Å². The Hall–Kier alpha value is -2.39. The van der Waals surface area contributed by atoms with E-state index in [4.69, 9.17) is 11.6 Å². The molecule has 21 heavy (non-hydrogen) atoms. The zero-order valence-corrected chi connectivity index (χ0v) is 12.2. The molecule has 1 aromatic carbocycles. The Morgan fingerprint density at radius 1 is 1.19 bits per heavy atom. The molecule has 0 unspecified atom stereocenters. The molecule has 0 atom stereocenters. The first-order chi connectivity index (χ1) is 10.1. The van der Waals surface area contributed by atoms with Crippen LogP contribution in [-0.4, -0.2) is 9.38 Å². The number of pyridine rings is 1. The Morgan fingerprint density at radius 2 is 1.95 bits per heavy atom. The van der Waals surface area contributed by atoms with Crippen LogP contribution in [0.2, 0.25) is 0 Å². The topological polar surface area (TPSA) is 34.4 Å². The molecule has 0 radical (unpaired) electrons. The highest BCUT2D eigenvalue weighted by atomic mass is 35.5. The molecule has 0 aliphatic heterocycles. The van der Waals surface area contributed by atoms with Gasteiger partial charge in [-0.25, -0.2) is 4.98 Å². The van der Waals surface area contributed by atoms with Crippen LogP contribution >= 0.6 is 11.6 Å². The summed E-state index contributed by atoms with van der Waals surface area (Å²) >= 11 is 6.32. The average Bonchev–Trinajstić information content (AvgIpc) is 2.49. The highest BCUT2D eigenvalue weighted by Crippen LogP contribution is 2.20. The van der Waals surface area contributed by atoms with E-state index in [1.54, 1.807) is 12.3 Å². The molecule has 4 heteroatoms. The second-order valence-electron chi connectivity index (χ2n) is 4.77. The standard InChI is InChI=1S/C17H13ClN2O/c1-12-6-5-9-20-16(21)11-15(19-17(12)20)14(18)10-13-7-3-2-4-8-13/h2-11H,1H3/b14-10-. The lowest BCUT2D eigenvalue weighted by molar-refractivity contribution is 1.02. The lowest BCUT2D eigenvalue weighted by Crippen LogP contribution is -2.15. The number of hydrogen-bond acceptors (Lipinski definition) is 2. The van der Waals surface area contributed by atoms with Crippen molar-refractivity contribution < 1.29 is 0 Å². The molecular weight excluding hydrogens is 284 g/mol. The lowest BCUT2D eigenvalue weighted by atomic mass is 10.2. The number of halogens is 1. The third kappa shape index (κ3) is 2.73. The van der Waals surface area contributed by atoms with Crippen molar-refractivity contribution in [2.24, 2.45) is 0 Å². The fourth-order valence-electron chi connectivity index (χ4n) is 2.15. The summed E-state index contributed by atoms with van der Waals surface area (Å²) < 4.78 is 1.52. The zero-order chi connectivity index (χ0) is 14.8. The van der Waals surface area contributed by atoms with E-state index in [0.717, 1.165) is 11.1 Å². The van der Waals surface area contributed by atoms with Gasteiger partial charge in [0.05, 0.1) is 10.7 Å². The number of hydrogen-bond donors (Lipinski definition) is 0. The number of aromatic nitrogens is 2. The second-order valence-corrected chi connectivity index (χ2v) is 5.17. The monoisotopic (exact) mass is 296 g/mol. The van der Waals surface area contributed by atoms with E-state index in [1.165, 1.54) is 10.5 Å². The van der Waals surface area contributed by atoms with E-state index in [2.05, 4.69) is 4.98 Å². The maximum Gasteiger partial charge on any atom is 0.258 e. The van der Waals surface area contributed by atoms with Gasteiger partial charge in [-0.05, 0) is 30.2 Å². The normalized spacial score (nSPS) is 11.8. The van der Waals surface area contributed by atoms with Crippen LogP contribution in [0.15, 0.2) is 59.5 Å². The molecule has 0 fully saturated rings. The highest BCUT2D eigenvalue weighted by molar-refractivity contribution is 6.51. The van der Waals surface area contributed by atoms with Crippen LogP contribution in [0.25, 0.3) is 16.8 Å². The zero-order valence-electron chi connectivity index (χ0n) is 11.5. The summed E-state index contributed by atoms with van der Waals surface area (Å²) in [7, 11) is 0. The summed E-state index contributed by atoms with van der Waals surface area (Å²) in [6.45, 7) is 1.92. The van der Waals surface area contributed by atoms with Gasteiger partial charge < -0.3 is 0 Å². The van der Waals surface area contributed by atoms with Crippen LogP contribution < -0.4 is 5.56 Å². The summed E-state index contributed by atoms with van der Waals surface area (Å²) in [5, 5.41) is 0.448. The molecule has 2 heterocycles. The van der Waals surface area contributed by atoms with Gasteiger partial charge in [0.25, 0.3) is 5.56 Å². The molecule has 0 amide bonds. The van der Waals surface area contributed by atoms with E-state index >= 15 is 0 Å². The first kappa shape index (κ1) is 13.6. The maximum absolute atomic E-state index is 12.1. The minimum atomic E-state index is -0.140. The molecule has 0 spiro atoms. The molecule has 0 bridgehead atoms. The predicted octanol–water partition coefficient (Wildman–Crippen LogP) is 3.74. The van der Waals surface area contributed by atoms with Gasteiger partial charge in [0.2, 0.25) is 0 Å². The van der Waals surface area contributed by atoms with Crippen molar-refractivity contribution in [2.75, 3.05) is 0 Å². The molecule has 0 aliphatic rings. The van der Waals surface area contributed by atoms with Crippen molar-refractivity contribution in [3.05, 3.63) is 81.9 Å². The van der Waals surface area contributed by atoms with Gasteiger partial charge in [-0.1, -0.05) is 48.0 Å². The molecule has 0 aliphatic carbocycles. The molecule has 0 saturated heterocycles. The van der Waals surface area contributed by atoms with E-state index < -0.39 is 0 Å².